The zero-order chi connectivity index (χ0) is 10.3. The molecule has 0 spiro atoms. The van der Waals surface area contributed by atoms with E-state index in [1.807, 2.05) is 13.8 Å². The molecular formula is C8H18BaO4. The minimum atomic E-state index is -1.28. The maximum atomic E-state index is 10.2. The van der Waals surface area contributed by atoms with Gasteiger partial charge in [-0.25, -0.2) is 0 Å². The van der Waals surface area contributed by atoms with Crippen LogP contribution in [0.25, 0.3) is 0 Å². The Hall–Kier alpha value is 0.511. The predicted octanol–water partition coefficient (Wildman–Crippen LogP) is 1.30. The Morgan fingerprint density at radius 3 is 1.31 bits per heavy atom. The van der Waals surface area contributed by atoms with Crippen LogP contribution in [0.1, 0.15) is 30.5 Å². The van der Waals surface area contributed by atoms with Crippen LogP contribution < -0.4 is 0 Å². The van der Waals surface area contributed by atoms with Crippen LogP contribution in [0, 0.1) is 11.8 Å². The Bertz CT molecular complexity index is 151. The first-order valence-corrected chi connectivity index (χ1v) is 3.92. The van der Waals surface area contributed by atoms with Crippen LogP contribution in [0.2, 0.25) is 0 Å². The molecule has 2 N–H and O–H groups in total. The first-order valence-electron chi connectivity index (χ1n) is 3.92. The second-order valence-electron chi connectivity index (χ2n) is 2.40. The van der Waals surface area contributed by atoms with Crippen LogP contribution in [-0.2, 0) is 9.59 Å². The molecule has 0 aliphatic rings. The Morgan fingerprint density at radius 1 is 1.08 bits per heavy atom. The molecular weight excluding hydrogens is 297 g/mol. The number of carbonyl (C=O) groups is 2. The maximum Gasteiger partial charge on any atom is 2.00 e. The van der Waals surface area contributed by atoms with Crippen LogP contribution in [0.3, 0.4) is 0 Å². The van der Waals surface area contributed by atoms with Crippen LogP contribution in [-0.4, -0.2) is 71.0 Å². The molecule has 76 valence electrons. The van der Waals surface area contributed by atoms with Crippen LogP contribution >= 0.6 is 0 Å². The average molecular weight is 316 g/mol. The van der Waals surface area contributed by atoms with E-state index in [-0.39, 0.29) is 57.7 Å². The molecule has 0 fully saturated rings. The summed E-state index contributed by atoms with van der Waals surface area (Å²) in [6, 6.07) is 0. The Morgan fingerprint density at radius 2 is 1.31 bits per heavy atom. The zero-order valence-electron chi connectivity index (χ0n) is 10.6. The summed E-state index contributed by atoms with van der Waals surface area (Å²) in [6.07, 6.45) is 0. The fourth-order valence-corrected chi connectivity index (χ4v) is 0.676. The van der Waals surface area contributed by atoms with Gasteiger partial charge in [-0.15, -0.1) is 0 Å². The third kappa shape index (κ3) is 8.83. The van der Waals surface area contributed by atoms with Crippen LogP contribution in [0.15, 0.2) is 0 Å². The molecule has 0 heterocycles. The largest absolute Gasteiger partial charge is 2.00 e. The summed E-state index contributed by atoms with van der Waals surface area (Å²) in [5.41, 5.74) is 0. The fraction of sp³-hybridized carbons (Fsp3) is 0.750. The summed E-state index contributed by atoms with van der Waals surface area (Å²) in [5, 5.41) is 16.7. The summed E-state index contributed by atoms with van der Waals surface area (Å²) in [5.74, 6) is -4.19. The molecule has 0 saturated heterocycles. The normalized spacial score (nSPS) is 8.46. The Kier molecular flexibility index (Phi) is 15.6. The molecule has 0 bridgehead atoms. The second kappa shape index (κ2) is 10.6. The zero-order valence-corrected chi connectivity index (χ0v) is 13.0. The van der Waals surface area contributed by atoms with Gasteiger partial charge >= 0.3 is 60.8 Å². The van der Waals surface area contributed by atoms with Gasteiger partial charge in [-0.3, -0.25) is 9.59 Å². The molecule has 4 nitrogen and oxygen atoms in total. The number of hydrogen-bond donors (Lipinski definition) is 2. The van der Waals surface area contributed by atoms with Crippen molar-refractivity contribution in [2.24, 2.45) is 11.8 Å². The molecule has 13 heavy (non-hydrogen) atoms. The van der Waals surface area contributed by atoms with Crippen molar-refractivity contribution in [1.29, 1.82) is 0 Å². The SMILES string of the molecule is CC.CC(C)C(C(=O)O)C(=O)O.[Ba+2].[H-].[H-]. The summed E-state index contributed by atoms with van der Waals surface area (Å²) in [7, 11) is 0. The molecule has 0 aromatic carbocycles. The van der Waals surface area contributed by atoms with E-state index in [9.17, 15) is 9.59 Å². The number of carboxylic acids is 2. The third-order valence-electron chi connectivity index (χ3n) is 1.20. The first kappa shape index (κ1) is 19.1. The maximum absolute atomic E-state index is 10.2. The minimum Gasteiger partial charge on any atom is -1.00 e. The molecule has 0 aromatic rings. The van der Waals surface area contributed by atoms with Gasteiger partial charge in [0.1, 0.15) is 0 Å². The smallest absolute Gasteiger partial charge is 1.00 e. The van der Waals surface area contributed by atoms with Crippen molar-refractivity contribution in [3.63, 3.8) is 0 Å². The number of aliphatic carboxylic acids is 2. The van der Waals surface area contributed by atoms with Crippen molar-refractivity contribution >= 4 is 60.8 Å². The Labute approximate surface area is 122 Å². The van der Waals surface area contributed by atoms with Gasteiger partial charge in [0.2, 0.25) is 0 Å². The topological polar surface area (TPSA) is 74.6 Å². The second-order valence-corrected chi connectivity index (χ2v) is 2.40. The van der Waals surface area contributed by atoms with Crippen molar-refractivity contribution < 1.29 is 22.7 Å². The van der Waals surface area contributed by atoms with Crippen molar-refractivity contribution in [3.05, 3.63) is 0 Å². The van der Waals surface area contributed by atoms with E-state index in [0.717, 1.165) is 0 Å². The Balaban J connectivity index is -0.0000000626. The van der Waals surface area contributed by atoms with E-state index in [0.29, 0.717) is 0 Å². The van der Waals surface area contributed by atoms with Crippen molar-refractivity contribution in [3.8, 4) is 0 Å². The number of hydrogen-bond acceptors (Lipinski definition) is 2. The van der Waals surface area contributed by atoms with E-state index in [2.05, 4.69) is 0 Å². The molecule has 0 aromatic heterocycles. The van der Waals surface area contributed by atoms with E-state index in [1.165, 1.54) is 0 Å². The van der Waals surface area contributed by atoms with Gasteiger partial charge in [0.15, 0.2) is 5.92 Å². The van der Waals surface area contributed by atoms with Gasteiger partial charge in [-0.2, -0.15) is 0 Å². The monoisotopic (exact) mass is 316 g/mol. The summed E-state index contributed by atoms with van der Waals surface area (Å²) in [4.78, 5) is 20.4. The molecule has 0 radical (unpaired) electrons. The van der Waals surface area contributed by atoms with Crippen LogP contribution in [0.5, 0.6) is 0 Å². The van der Waals surface area contributed by atoms with Gasteiger partial charge in [0, 0.05) is 0 Å². The minimum absolute atomic E-state index is 0. The quantitative estimate of drug-likeness (QED) is 0.608. The van der Waals surface area contributed by atoms with E-state index in [4.69, 9.17) is 10.2 Å². The third-order valence-corrected chi connectivity index (χ3v) is 1.20. The molecule has 0 amide bonds. The van der Waals surface area contributed by atoms with Gasteiger partial charge in [0.25, 0.3) is 0 Å². The van der Waals surface area contributed by atoms with Crippen molar-refractivity contribution in [1.82, 2.24) is 0 Å². The molecule has 0 saturated carbocycles. The van der Waals surface area contributed by atoms with E-state index < -0.39 is 17.9 Å². The average Bonchev–Trinajstić information content (AvgIpc) is 1.88. The van der Waals surface area contributed by atoms with Crippen LogP contribution in [0.4, 0.5) is 0 Å². The molecule has 0 atom stereocenters. The number of rotatable bonds is 3. The molecule has 5 heteroatoms. The molecule has 0 aliphatic carbocycles. The standard InChI is InChI=1S/C6H10O4.C2H6.Ba.2H/c1-3(2)4(5(7)8)6(9)10;1-2;;;/h3-4H,1-2H3,(H,7,8)(H,9,10);1-2H3;;;/q;;+2;2*-1. The molecule has 0 unspecified atom stereocenters. The number of carboxylic acid groups (broad SMARTS) is 2. The summed E-state index contributed by atoms with van der Waals surface area (Å²) < 4.78 is 0. The first-order chi connectivity index (χ1) is 5.46. The van der Waals surface area contributed by atoms with Gasteiger partial charge < -0.3 is 13.1 Å². The van der Waals surface area contributed by atoms with Gasteiger partial charge in [-0.1, -0.05) is 27.7 Å². The van der Waals surface area contributed by atoms with Gasteiger partial charge in [0.05, 0.1) is 0 Å². The fourth-order valence-electron chi connectivity index (χ4n) is 0.676. The van der Waals surface area contributed by atoms with Crippen molar-refractivity contribution in [2.75, 3.05) is 0 Å². The van der Waals surface area contributed by atoms with E-state index >= 15 is 0 Å². The molecule has 0 rings (SSSR count). The summed E-state index contributed by atoms with van der Waals surface area (Å²) >= 11 is 0. The predicted molar refractivity (Wildman–Crippen MR) is 52.9 cm³/mol. The van der Waals surface area contributed by atoms with Gasteiger partial charge in [-0.05, 0) is 5.92 Å². The van der Waals surface area contributed by atoms with E-state index in [1.54, 1.807) is 13.8 Å². The van der Waals surface area contributed by atoms with Crippen molar-refractivity contribution in [2.45, 2.75) is 27.7 Å². The summed E-state index contributed by atoms with van der Waals surface area (Å²) in [6.45, 7) is 7.12. The molecule has 0 aliphatic heterocycles.